The first kappa shape index (κ1) is 11.7. The Morgan fingerprint density at radius 2 is 2.00 bits per heavy atom. The van der Waals surface area contributed by atoms with Crippen LogP contribution in [-0.4, -0.2) is 18.0 Å². The average Bonchev–Trinajstić information content (AvgIpc) is 2.26. The van der Waals surface area contributed by atoms with Crippen LogP contribution in [0.1, 0.15) is 44.4 Å². The van der Waals surface area contributed by atoms with Crippen molar-refractivity contribution in [3.05, 3.63) is 34.9 Å². The van der Waals surface area contributed by atoms with E-state index in [0.717, 1.165) is 13.1 Å². The fourth-order valence-electron chi connectivity index (χ4n) is 2.61. The monoisotopic (exact) mass is 217 g/mol. The molecule has 1 heteroatoms. The third-order valence-corrected chi connectivity index (χ3v) is 3.61. The fourth-order valence-corrected chi connectivity index (χ4v) is 2.61. The van der Waals surface area contributed by atoms with Crippen molar-refractivity contribution in [3.63, 3.8) is 0 Å². The molecule has 0 spiro atoms. The van der Waals surface area contributed by atoms with Crippen LogP contribution in [0.2, 0.25) is 0 Å². The van der Waals surface area contributed by atoms with Crippen LogP contribution in [-0.2, 0) is 18.4 Å². The lowest BCUT2D eigenvalue weighted by Gasteiger charge is -2.32. The molecule has 1 heterocycles. The van der Waals surface area contributed by atoms with E-state index in [1.165, 1.54) is 18.5 Å². The molecule has 2 rings (SSSR count). The van der Waals surface area contributed by atoms with Crippen molar-refractivity contribution < 1.29 is 0 Å². The van der Waals surface area contributed by atoms with Crippen LogP contribution in [0.3, 0.4) is 0 Å². The van der Waals surface area contributed by atoms with Gasteiger partial charge in [-0.05, 0) is 35.1 Å². The molecule has 1 aliphatic rings. The summed E-state index contributed by atoms with van der Waals surface area (Å²) in [4.78, 5) is 2.54. The van der Waals surface area contributed by atoms with E-state index in [9.17, 15) is 0 Å². The smallest absolute Gasteiger partial charge is 0.0239 e. The zero-order valence-corrected chi connectivity index (χ0v) is 11.0. The molecule has 0 fully saturated rings. The summed E-state index contributed by atoms with van der Waals surface area (Å²) < 4.78 is 0. The van der Waals surface area contributed by atoms with Crippen molar-refractivity contribution >= 4 is 0 Å². The summed E-state index contributed by atoms with van der Waals surface area (Å²) in [6.07, 6.45) is 1.22. The quantitative estimate of drug-likeness (QED) is 0.697. The molecule has 0 N–H and O–H groups in total. The Labute approximate surface area is 99.5 Å². The number of benzene rings is 1. The Balaban J connectivity index is 2.42. The van der Waals surface area contributed by atoms with Crippen LogP contribution in [0.5, 0.6) is 0 Å². The minimum atomic E-state index is 0.266. The first-order valence-electron chi connectivity index (χ1n) is 6.36. The second-order valence-electron chi connectivity index (χ2n) is 5.81. The maximum Gasteiger partial charge on any atom is 0.0239 e. The summed E-state index contributed by atoms with van der Waals surface area (Å²) in [6, 6.07) is 6.83. The van der Waals surface area contributed by atoms with E-state index in [2.05, 4.69) is 50.8 Å². The summed E-state index contributed by atoms with van der Waals surface area (Å²) in [5.41, 5.74) is 4.95. The van der Waals surface area contributed by atoms with Gasteiger partial charge in [-0.25, -0.2) is 0 Å². The van der Waals surface area contributed by atoms with Crippen LogP contribution in [0.4, 0.5) is 0 Å². The molecule has 0 aromatic heterocycles. The first-order chi connectivity index (χ1) is 7.52. The molecular weight excluding hydrogens is 194 g/mol. The summed E-state index contributed by atoms with van der Waals surface area (Å²) in [6.45, 7) is 12.7. The van der Waals surface area contributed by atoms with Crippen LogP contribution in [0.25, 0.3) is 0 Å². The first-order valence-corrected chi connectivity index (χ1v) is 6.36. The molecule has 88 valence electrons. The number of fused-ring (bicyclic) bond motifs is 1. The van der Waals surface area contributed by atoms with Gasteiger partial charge >= 0.3 is 0 Å². The van der Waals surface area contributed by atoms with Gasteiger partial charge in [0.05, 0.1) is 0 Å². The zero-order valence-electron chi connectivity index (χ0n) is 11.0. The molecule has 1 nitrogen and oxygen atoms in total. The number of likely N-dealkylation sites (N-methyl/N-ethyl adjacent to an activating group) is 1. The molecule has 0 unspecified atom stereocenters. The maximum absolute atomic E-state index is 2.54. The van der Waals surface area contributed by atoms with Gasteiger partial charge < -0.3 is 0 Å². The second-order valence-corrected chi connectivity index (χ2v) is 5.81. The Morgan fingerprint density at radius 3 is 2.62 bits per heavy atom. The van der Waals surface area contributed by atoms with Gasteiger partial charge in [-0.2, -0.15) is 0 Å². The fraction of sp³-hybridized carbons (Fsp3) is 0.600. The Hall–Kier alpha value is -0.820. The second kappa shape index (κ2) is 4.21. The predicted octanol–water partition coefficient (Wildman–Crippen LogP) is 3.36. The molecule has 0 saturated carbocycles. The molecule has 1 aliphatic heterocycles. The van der Waals surface area contributed by atoms with Crippen molar-refractivity contribution in [3.8, 4) is 0 Å². The van der Waals surface area contributed by atoms with Gasteiger partial charge in [0.25, 0.3) is 0 Å². The maximum atomic E-state index is 2.54. The van der Waals surface area contributed by atoms with Gasteiger partial charge in [-0.15, -0.1) is 0 Å². The van der Waals surface area contributed by atoms with Crippen molar-refractivity contribution in [1.82, 2.24) is 4.90 Å². The summed E-state index contributed by atoms with van der Waals surface area (Å²) in [7, 11) is 0. The van der Waals surface area contributed by atoms with E-state index in [4.69, 9.17) is 0 Å². The Morgan fingerprint density at radius 1 is 1.25 bits per heavy atom. The SMILES string of the molecule is CCN1CCc2cccc(C(C)(C)C)c2C1. The molecule has 16 heavy (non-hydrogen) atoms. The highest BCUT2D eigenvalue weighted by atomic mass is 15.1. The highest BCUT2D eigenvalue weighted by Gasteiger charge is 2.23. The minimum Gasteiger partial charge on any atom is -0.299 e. The molecule has 0 saturated heterocycles. The summed E-state index contributed by atoms with van der Waals surface area (Å²) >= 11 is 0. The molecule has 1 aromatic rings. The summed E-state index contributed by atoms with van der Waals surface area (Å²) in [5, 5.41) is 0. The third kappa shape index (κ3) is 2.15. The van der Waals surface area contributed by atoms with E-state index in [0.29, 0.717) is 0 Å². The number of hydrogen-bond acceptors (Lipinski definition) is 1. The number of rotatable bonds is 1. The lowest BCUT2D eigenvalue weighted by molar-refractivity contribution is 0.265. The van der Waals surface area contributed by atoms with Gasteiger partial charge in [0.1, 0.15) is 0 Å². The topological polar surface area (TPSA) is 3.24 Å². The summed E-state index contributed by atoms with van der Waals surface area (Å²) in [5.74, 6) is 0. The van der Waals surface area contributed by atoms with Crippen LogP contribution < -0.4 is 0 Å². The van der Waals surface area contributed by atoms with E-state index in [1.54, 1.807) is 11.1 Å². The number of hydrogen-bond donors (Lipinski definition) is 0. The van der Waals surface area contributed by atoms with Crippen molar-refractivity contribution in [2.24, 2.45) is 0 Å². The molecule has 0 radical (unpaired) electrons. The van der Waals surface area contributed by atoms with Crippen molar-refractivity contribution in [2.45, 2.75) is 46.1 Å². The minimum absolute atomic E-state index is 0.266. The molecule has 0 bridgehead atoms. The largest absolute Gasteiger partial charge is 0.299 e. The normalized spacial score (nSPS) is 17.2. The van der Waals surface area contributed by atoms with Crippen LogP contribution >= 0.6 is 0 Å². The van der Waals surface area contributed by atoms with Crippen LogP contribution in [0.15, 0.2) is 18.2 Å². The zero-order chi connectivity index (χ0) is 11.8. The molecular formula is C15H23N. The van der Waals surface area contributed by atoms with Gasteiger partial charge in [0, 0.05) is 13.1 Å². The van der Waals surface area contributed by atoms with Gasteiger partial charge in [0.15, 0.2) is 0 Å². The van der Waals surface area contributed by atoms with E-state index >= 15 is 0 Å². The van der Waals surface area contributed by atoms with Crippen molar-refractivity contribution in [1.29, 1.82) is 0 Å². The van der Waals surface area contributed by atoms with Crippen molar-refractivity contribution in [2.75, 3.05) is 13.1 Å². The van der Waals surface area contributed by atoms with E-state index < -0.39 is 0 Å². The predicted molar refractivity (Wildman–Crippen MR) is 69.8 cm³/mol. The lowest BCUT2D eigenvalue weighted by Crippen LogP contribution is -2.32. The molecule has 0 aliphatic carbocycles. The number of nitrogens with zero attached hydrogens (tertiary/aromatic N) is 1. The van der Waals surface area contributed by atoms with Gasteiger partial charge in [-0.1, -0.05) is 45.9 Å². The standard InChI is InChI=1S/C15H23N/c1-5-16-10-9-12-7-6-8-14(13(12)11-16)15(2,3)4/h6-8H,5,9-11H2,1-4H3. The average molecular weight is 217 g/mol. The third-order valence-electron chi connectivity index (χ3n) is 3.61. The van der Waals surface area contributed by atoms with Gasteiger partial charge in [0.2, 0.25) is 0 Å². The van der Waals surface area contributed by atoms with Crippen LogP contribution in [0, 0.1) is 0 Å². The Bertz CT molecular complexity index is 374. The van der Waals surface area contributed by atoms with E-state index in [-0.39, 0.29) is 5.41 Å². The lowest BCUT2D eigenvalue weighted by atomic mass is 9.80. The highest BCUT2D eigenvalue weighted by molar-refractivity contribution is 5.40. The molecule has 0 amide bonds. The molecule has 0 atom stereocenters. The highest BCUT2D eigenvalue weighted by Crippen LogP contribution is 2.31. The Kier molecular flexibility index (Phi) is 3.07. The van der Waals surface area contributed by atoms with E-state index in [1.807, 2.05) is 0 Å². The van der Waals surface area contributed by atoms with Gasteiger partial charge in [-0.3, -0.25) is 4.90 Å². The molecule has 1 aromatic carbocycles.